The van der Waals surface area contributed by atoms with Gasteiger partial charge in [-0.3, -0.25) is 44.9 Å². The van der Waals surface area contributed by atoms with Gasteiger partial charge < -0.3 is 37.0 Å². The number of hydrogen-bond donors (Lipinski definition) is 11. The number of aromatic amines is 4. The fourth-order valence-corrected chi connectivity index (χ4v) is 4.09. The van der Waals surface area contributed by atoms with Crippen LogP contribution >= 0.6 is 28.3 Å². The molecule has 12 N–H and O–H groups in total. The summed E-state index contributed by atoms with van der Waals surface area (Å²) in [6.45, 7) is 8.44. The van der Waals surface area contributed by atoms with Crippen molar-refractivity contribution in [3.63, 3.8) is 0 Å². The summed E-state index contributed by atoms with van der Waals surface area (Å²) in [7, 11) is 0. The van der Waals surface area contributed by atoms with Gasteiger partial charge in [-0.1, -0.05) is 6.58 Å². The molecule has 0 aliphatic rings. The van der Waals surface area contributed by atoms with E-state index in [0.717, 1.165) is 0 Å². The lowest BCUT2D eigenvalue weighted by molar-refractivity contribution is -0.112. The third-order valence-electron chi connectivity index (χ3n) is 6.55. The summed E-state index contributed by atoms with van der Waals surface area (Å²) in [5, 5.41) is 32.9. The first-order valence-corrected chi connectivity index (χ1v) is 14.1. The van der Waals surface area contributed by atoms with E-state index in [9.17, 15) is 24.0 Å². The van der Waals surface area contributed by atoms with Gasteiger partial charge in [0, 0.05) is 42.0 Å². The van der Waals surface area contributed by atoms with Gasteiger partial charge in [-0.2, -0.15) is 10.1 Å². The fraction of sp³-hybridized carbons (Fsp3) is 0.192. The third kappa shape index (κ3) is 8.29. The molecule has 4 aromatic rings. The van der Waals surface area contributed by atoms with Crippen molar-refractivity contribution in [3.05, 3.63) is 63.1 Å². The molecule has 248 valence electrons. The van der Waals surface area contributed by atoms with Crippen LogP contribution in [0.2, 0.25) is 0 Å². The van der Waals surface area contributed by atoms with Gasteiger partial charge >= 0.3 is 0 Å². The topological polar surface area (TPSA) is 297 Å². The molecule has 0 radical (unpaired) electrons. The molecule has 4 aromatic heterocycles. The second-order valence-electron chi connectivity index (χ2n) is 9.74. The Hall–Kier alpha value is -5.76. The number of nitrogens with one attached hydrogen (secondary N) is 10. The molecule has 0 spiro atoms. The zero-order valence-electron chi connectivity index (χ0n) is 25.0. The number of aromatic nitrogens is 7. The van der Waals surface area contributed by atoms with Crippen LogP contribution < -0.4 is 32.3 Å². The van der Waals surface area contributed by atoms with Crippen LogP contribution in [0.4, 0.5) is 23.1 Å². The van der Waals surface area contributed by atoms with Gasteiger partial charge in [-0.15, -0.1) is 17.5 Å². The molecule has 5 amide bonds. The van der Waals surface area contributed by atoms with Crippen molar-refractivity contribution in [2.24, 2.45) is 5.73 Å². The van der Waals surface area contributed by atoms with E-state index < -0.39 is 29.5 Å². The van der Waals surface area contributed by atoms with Crippen LogP contribution in [0.15, 0.2) is 23.5 Å². The molecule has 0 aromatic carbocycles. The summed E-state index contributed by atoms with van der Waals surface area (Å²) >= 11 is 2.93. The molecule has 21 heteroatoms. The van der Waals surface area contributed by atoms with E-state index in [4.69, 9.17) is 11.1 Å². The Bertz CT molecular complexity index is 1890. The number of carbonyl (C=O) groups excluding carboxylic acids is 5. The van der Waals surface area contributed by atoms with Gasteiger partial charge in [-0.05, 0) is 36.7 Å². The van der Waals surface area contributed by atoms with Gasteiger partial charge in [0.1, 0.15) is 17.1 Å². The minimum Gasteiger partial charge on any atom is -0.388 e. The van der Waals surface area contributed by atoms with E-state index in [2.05, 4.69) is 84.4 Å². The molecule has 0 saturated carbocycles. The van der Waals surface area contributed by atoms with Crippen molar-refractivity contribution in [2.45, 2.75) is 27.2 Å². The van der Waals surface area contributed by atoms with Crippen LogP contribution in [0.5, 0.6) is 0 Å². The number of anilines is 4. The lowest BCUT2D eigenvalue weighted by Gasteiger charge is -2.07. The number of nitrogens with zero attached hydrogens (tertiary/aromatic N) is 3. The summed E-state index contributed by atoms with van der Waals surface area (Å²) < 4.78 is 0.0518. The molecule has 4 rings (SSSR count). The Morgan fingerprint density at radius 1 is 0.830 bits per heavy atom. The molecule has 0 saturated heterocycles. The smallest absolute Gasteiger partial charge is 0.293 e. The van der Waals surface area contributed by atoms with Crippen LogP contribution in [0.25, 0.3) is 0 Å². The van der Waals surface area contributed by atoms with E-state index in [-0.39, 0.29) is 76.1 Å². The van der Waals surface area contributed by atoms with Crippen LogP contribution in [-0.4, -0.2) is 77.3 Å². The fourth-order valence-electron chi connectivity index (χ4n) is 3.99. The van der Waals surface area contributed by atoms with Crippen molar-refractivity contribution < 1.29 is 24.0 Å². The maximum atomic E-state index is 13.1. The van der Waals surface area contributed by atoms with Crippen LogP contribution in [0.3, 0.4) is 0 Å². The largest absolute Gasteiger partial charge is 0.388 e. The maximum absolute atomic E-state index is 13.1. The molecular formula is C26H30BrClN14O5. The predicted octanol–water partition coefficient (Wildman–Crippen LogP) is 2.19. The third-order valence-corrected chi connectivity index (χ3v) is 6.91. The minimum atomic E-state index is -0.676. The quantitative estimate of drug-likeness (QED) is 0.0577. The lowest BCUT2D eigenvalue weighted by atomic mass is 10.2. The number of rotatable bonds is 12. The first-order valence-electron chi connectivity index (χ1n) is 13.3. The van der Waals surface area contributed by atoms with E-state index in [1.807, 2.05) is 0 Å². The first kappa shape index (κ1) is 35.7. The highest BCUT2D eigenvalue weighted by molar-refractivity contribution is 9.12. The number of amides is 5. The van der Waals surface area contributed by atoms with Gasteiger partial charge in [-0.25, -0.2) is 0 Å². The average Bonchev–Trinajstić information content (AvgIpc) is 3.77. The maximum Gasteiger partial charge on any atom is 0.293 e. The number of amidine groups is 1. The average molecular weight is 734 g/mol. The monoisotopic (exact) mass is 732 g/mol. The Labute approximate surface area is 280 Å². The van der Waals surface area contributed by atoms with Crippen LogP contribution in [0.1, 0.15) is 65.2 Å². The highest BCUT2D eigenvalue weighted by atomic mass is 79.9. The van der Waals surface area contributed by atoms with Gasteiger partial charge in [0.25, 0.3) is 29.5 Å². The molecule has 0 unspecified atom stereocenters. The van der Waals surface area contributed by atoms with Gasteiger partial charge in [0.2, 0.25) is 11.8 Å². The molecule has 0 atom stereocenters. The number of hydrogen-bond acceptors (Lipinski definition) is 9. The molecule has 0 bridgehead atoms. The van der Waals surface area contributed by atoms with Crippen LogP contribution in [-0.2, 0) is 4.79 Å². The molecular weight excluding hydrogens is 704 g/mol. The molecule has 19 nitrogen and oxygen atoms in total. The van der Waals surface area contributed by atoms with E-state index >= 15 is 0 Å². The second kappa shape index (κ2) is 15.0. The van der Waals surface area contributed by atoms with E-state index in [1.165, 1.54) is 12.4 Å². The SMILES string of the molecule is C=C(Br)C(=O)Nc1n[nH]c(C(=O)Nc2c[nH]c(C(=O)Nc3c[nH]c(C(=O)Nc4n[nH]c(C(=O)NCCC(=N)N)c4C)c3C)c2C)n1.Cl. The molecule has 0 fully saturated rings. The molecule has 4 heterocycles. The normalized spacial score (nSPS) is 10.4. The van der Waals surface area contributed by atoms with Crippen molar-refractivity contribution >= 4 is 86.8 Å². The number of H-pyrrole nitrogens is 4. The standard InChI is InChI=1S/C26H29BrN14O5.ClH/c1-9-13(7-32-17(9)24(45)35-19-11(3)18(38-39-19)22(43)30-6-5-15(28)29)33-23(44)16-10(2)14(8-31-16)34-25(46)20-36-26(41-40-20)37-21(42)12(4)27;/h7-8,31-32H,4-6H2,1-3H3,(H3,28,29)(H,30,43)(H,33,44)(H,34,46)(H2,35,38,39,45)(H2,36,37,40,41,42);1H. The summed E-state index contributed by atoms with van der Waals surface area (Å²) in [5.74, 6) is -3.09. The van der Waals surface area contributed by atoms with E-state index in [1.54, 1.807) is 20.8 Å². The molecule has 0 aliphatic carbocycles. The van der Waals surface area contributed by atoms with E-state index in [0.29, 0.717) is 22.4 Å². The number of halogens is 2. The zero-order chi connectivity index (χ0) is 33.7. The molecule has 47 heavy (non-hydrogen) atoms. The minimum absolute atomic E-state index is 0. The first-order chi connectivity index (χ1) is 21.8. The van der Waals surface area contributed by atoms with Gasteiger partial charge in [0.15, 0.2) is 5.82 Å². The predicted molar refractivity (Wildman–Crippen MR) is 177 cm³/mol. The highest BCUT2D eigenvalue weighted by Gasteiger charge is 2.23. The summed E-state index contributed by atoms with van der Waals surface area (Å²) in [5.41, 5.74) is 7.57. The number of nitrogens with two attached hydrogens (primary N) is 1. The van der Waals surface area contributed by atoms with Crippen molar-refractivity contribution in [2.75, 3.05) is 27.8 Å². The summed E-state index contributed by atoms with van der Waals surface area (Å²) in [6.07, 6.45) is 3.06. The Morgan fingerprint density at radius 2 is 1.40 bits per heavy atom. The number of carbonyl (C=O) groups is 5. The Balaban J connectivity index is 0.00000600. The summed E-state index contributed by atoms with van der Waals surface area (Å²) in [6, 6.07) is 0. The van der Waals surface area contributed by atoms with Crippen LogP contribution in [0, 0.1) is 26.2 Å². The second-order valence-corrected chi connectivity index (χ2v) is 10.7. The Morgan fingerprint density at radius 3 is 1.98 bits per heavy atom. The highest BCUT2D eigenvalue weighted by Crippen LogP contribution is 2.24. The summed E-state index contributed by atoms with van der Waals surface area (Å²) in [4.78, 5) is 72.4. The van der Waals surface area contributed by atoms with Crippen molar-refractivity contribution in [1.82, 2.24) is 40.7 Å². The van der Waals surface area contributed by atoms with Crippen molar-refractivity contribution in [1.29, 1.82) is 5.41 Å². The van der Waals surface area contributed by atoms with Crippen molar-refractivity contribution in [3.8, 4) is 0 Å². The Kier molecular flexibility index (Phi) is 11.4. The zero-order valence-corrected chi connectivity index (χ0v) is 27.4. The van der Waals surface area contributed by atoms with Gasteiger partial charge in [0.05, 0.1) is 21.7 Å². The molecule has 0 aliphatic heterocycles. The lowest BCUT2D eigenvalue weighted by Crippen LogP contribution is -2.28.